The summed E-state index contributed by atoms with van der Waals surface area (Å²) < 4.78 is 13.9. The summed E-state index contributed by atoms with van der Waals surface area (Å²) >= 11 is 0. The molecule has 1 aliphatic rings. The summed E-state index contributed by atoms with van der Waals surface area (Å²) in [6.07, 6.45) is 1.42. The summed E-state index contributed by atoms with van der Waals surface area (Å²) in [4.78, 5) is 9.07. The van der Waals surface area contributed by atoms with Crippen molar-refractivity contribution in [2.75, 3.05) is 26.2 Å². The fourth-order valence-electron chi connectivity index (χ4n) is 3.39. The Morgan fingerprint density at radius 3 is 2.91 bits per heavy atom. The molecule has 1 N–H and O–H groups in total. The monoisotopic (exact) mass is 317 g/mol. The maximum atomic E-state index is 13.9. The first-order chi connectivity index (χ1) is 11.0. The van der Waals surface area contributed by atoms with Gasteiger partial charge in [0, 0.05) is 50.3 Å². The minimum Gasteiger partial charge on any atom is -0.392 e. The van der Waals surface area contributed by atoms with Crippen molar-refractivity contribution < 1.29 is 9.50 Å². The van der Waals surface area contributed by atoms with Crippen molar-refractivity contribution in [3.63, 3.8) is 0 Å². The standard InChI is InChI=1S/C18H24FN3O/c1-13-10-21(8-9-22(13)11-14(2)23)12-15-5-6-17(19)16-4-3-7-20-18(15)16/h3-7,13-14,23H,8-12H2,1-2H3/t13-,14+/m1/s1. The highest BCUT2D eigenvalue weighted by atomic mass is 19.1. The Kier molecular flexibility index (Phi) is 4.90. The van der Waals surface area contributed by atoms with Gasteiger partial charge in [-0.25, -0.2) is 4.39 Å². The van der Waals surface area contributed by atoms with E-state index in [1.165, 1.54) is 6.07 Å². The van der Waals surface area contributed by atoms with E-state index in [1.54, 1.807) is 18.3 Å². The number of halogens is 1. The number of aromatic nitrogens is 1. The number of fused-ring (bicyclic) bond motifs is 1. The average Bonchev–Trinajstić information content (AvgIpc) is 2.53. The zero-order chi connectivity index (χ0) is 16.4. The number of hydrogen-bond donors (Lipinski definition) is 1. The molecule has 4 nitrogen and oxygen atoms in total. The normalized spacial score (nSPS) is 21.7. The highest BCUT2D eigenvalue weighted by molar-refractivity contribution is 5.82. The van der Waals surface area contributed by atoms with Gasteiger partial charge in [-0.05, 0) is 37.6 Å². The van der Waals surface area contributed by atoms with Gasteiger partial charge in [-0.1, -0.05) is 6.07 Å². The number of β-amino-alcohol motifs (C(OH)–C–C–N with tert-alkyl or cyclic N) is 1. The molecule has 0 spiro atoms. The van der Waals surface area contributed by atoms with Gasteiger partial charge in [0.2, 0.25) is 0 Å². The number of rotatable bonds is 4. The fraction of sp³-hybridized carbons (Fsp3) is 0.500. The number of aliphatic hydroxyl groups excluding tert-OH is 1. The number of pyridine rings is 1. The van der Waals surface area contributed by atoms with Gasteiger partial charge in [0.15, 0.2) is 0 Å². The van der Waals surface area contributed by atoms with Gasteiger partial charge in [-0.3, -0.25) is 14.8 Å². The molecule has 2 heterocycles. The van der Waals surface area contributed by atoms with Crippen LogP contribution in [-0.4, -0.2) is 58.2 Å². The van der Waals surface area contributed by atoms with Crippen LogP contribution in [0.15, 0.2) is 30.5 Å². The summed E-state index contributed by atoms with van der Waals surface area (Å²) in [5, 5.41) is 10.2. The number of nitrogens with zero attached hydrogens (tertiary/aromatic N) is 3. The van der Waals surface area contributed by atoms with Crippen LogP contribution in [0.1, 0.15) is 19.4 Å². The molecule has 1 saturated heterocycles. The SMILES string of the molecule is C[C@H](O)CN1CCN(Cc2ccc(F)c3cccnc23)C[C@H]1C. The zero-order valence-electron chi connectivity index (χ0n) is 13.7. The van der Waals surface area contributed by atoms with Crippen molar-refractivity contribution in [3.8, 4) is 0 Å². The lowest BCUT2D eigenvalue weighted by Crippen LogP contribution is -2.53. The van der Waals surface area contributed by atoms with E-state index in [2.05, 4.69) is 21.7 Å². The molecule has 23 heavy (non-hydrogen) atoms. The Labute approximate surface area is 136 Å². The van der Waals surface area contributed by atoms with Crippen molar-refractivity contribution in [2.24, 2.45) is 0 Å². The summed E-state index contributed by atoms with van der Waals surface area (Å²) in [5.41, 5.74) is 1.82. The third kappa shape index (κ3) is 3.68. The molecular formula is C18H24FN3O. The molecule has 0 radical (unpaired) electrons. The third-order valence-corrected chi connectivity index (χ3v) is 4.54. The van der Waals surface area contributed by atoms with Gasteiger partial charge >= 0.3 is 0 Å². The van der Waals surface area contributed by atoms with Crippen molar-refractivity contribution in [2.45, 2.75) is 32.5 Å². The van der Waals surface area contributed by atoms with Crippen LogP contribution in [-0.2, 0) is 6.54 Å². The summed E-state index contributed by atoms with van der Waals surface area (Å²) in [7, 11) is 0. The van der Waals surface area contributed by atoms with Crippen LogP contribution in [0.3, 0.4) is 0 Å². The lowest BCUT2D eigenvalue weighted by Gasteiger charge is -2.40. The van der Waals surface area contributed by atoms with Crippen LogP contribution < -0.4 is 0 Å². The maximum Gasteiger partial charge on any atom is 0.132 e. The minimum absolute atomic E-state index is 0.216. The second-order valence-electron chi connectivity index (χ2n) is 6.53. The minimum atomic E-state index is -0.297. The Hall–Kier alpha value is -1.56. The van der Waals surface area contributed by atoms with Gasteiger partial charge in [-0.15, -0.1) is 0 Å². The molecule has 0 aliphatic carbocycles. The summed E-state index contributed by atoms with van der Waals surface area (Å²) in [5.74, 6) is -0.216. The highest BCUT2D eigenvalue weighted by Gasteiger charge is 2.24. The van der Waals surface area contributed by atoms with Gasteiger partial charge in [-0.2, -0.15) is 0 Å². The van der Waals surface area contributed by atoms with Crippen LogP contribution in [0.4, 0.5) is 4.39 Å². The first-order valence-electron chi connectivity index (χ1n) is 8.21. The van der Waals surface area contributed by atoms with Gasteiger partial charge in [0.25, 0.3) is 0 Å². The van der Waals surface area contributed by atoms with E-state index in [0.29, 0.717) is 11.4 Å². The maximum absolute atomic E-state index is 13.9. The smallest absolute Gasteiger partial charge is 0.132 e. The summed E-state index contributed by atoms with van der Waals surface area (Å²) in [6.45, 7) is 8.35. The summed E-state index contributed by atoms with van der Waals surface area (Å²) in [6, 6.07) is 7.33. The molecule has 1 fully saturated rings. The Morgan fingerprint density at radius 1 is 1.35 bits per heavy atom. The molecule has 1 aromatic heterocycles. The first-order valence-corrected chi connectivity index (χ1v) is 8.21. The Morgan fingerprint density at radius 2 is 2.17 bits per heavy atom. The molecule has 2 atom stereocenters. The van der Waals surface area contributed by atoms with Crippen LogP contribution in [0, 0.1) is 5.82 Å². The van der Waals surface area contributed by atoms with Crippen molar-refractivity contribution in [3.05, 3.63) is 41.8 Å². The number of benzene rings is 1. The fourth-order valence-corrected chi connectivity index (χ4v) is 3.39. The van der Waals surface area contributed by atoms with Crippen LogP contribution in [0.2, 0.25) is 0 Å². The number of hydrogen-bond acceptors (Lipinski definition) is 4. The van der Waals surface area contributed by atoms with Crippen LogP contribution in [0.25, 0.3) is 10.9 Å². The van der Waals surface area contributed by atoms with E-state index in [4.69, 9.17) is 0 Å². The van der Waals surface area contributed by atoms with Gasteiger partial charge in [0.05, 0.1) is 11.6 Å². The second kappa shape index (κ2) is 6.91. The topological polar surface area (TPSA) is 39.6 Å². The molecule has 124 valence electrons. The molecule has 3 rings (SSSR count). The molecule has 0 amide bonds. The quantitative estimate of drug-likeness (QED) is 0.939. The molecule has 0 saturated carbocycles. The lowest BCUT2D eigenvalue weighted by molar-refractivity contribution is 0.0424. The third-order valence-electron chi connectivity index (χ3n) is 4.54. The van der Waals surface area contributed by atoms with Gasteiger partial charge < -0.3 is 5.11 Å². The van der Waals surface area contributed by atoms with Gasteiger partial charge in [0.1, 0.15) is 5.82 Å². The van der Waals surface area contributed by atoms with Crippen molar-refractivity contribution in [1.29, 1.82) is 0 Å². The van der Waals surface area contributed by atoms with Crippen LogP contribution >= 0.6 is 0 Å². The largest absolute Gasteiger partial charge is 0.392 e. The Bertz CT molecular complexity index is 676. The van der Waals surface area contributed by atoms with E-state index in [9.17, 15) is 9.50 Å². The predicted molar refractivity (Wildman–Crippen MR) is 89.7 cm³/mol. The van der Waals surface area contributed by atoms with Crippen molar-refractivity contribution >= 4 is 10.9 Å². The highest BCUT2D eigenvalue weighted by Crippen LogP contribution is 2.22. The van der Waals surface area contributed by atoms with E-state index in [0.717, 1.165) is 43.8 Å². The van der Waals surface area contributed by atoms with E-state index < -0.39 is 0 Å². The van der Waals surface area contributed by atoms with E-state index >= 15 is 0 Å². The van der Waals surface area contributed by atoms with E-state index in [1.807, 2.05) is 13.0 Å². The number of piperazine rings is 1. The zero-order valence-corrected chi connectivity index (χ0v) is 13.7. The molecule has 2 aromatic rings. The average molecular weight is 317 g/mol. The van der Waals surface area contributed by atoms with Crippen LogP contribution in [0.5, 0.6) is 0 Å². The first kappa shape index (κ1) is 16.3. The molecule has 1 aromatic carbocycles. The van der Waals surface area contributed by atoms with E-state index in [-0.39, 0.29) is 11.9 Å². The second-order valence-corrected chi connectivity index (χ2v) is 6.53. The molecular weight excluding hydrogens is 293 g/mol. The predicted octanol–water partition coefficient (Wildman–Crippen LogP) is 2.26. The molecule has 0 unspecified atom stereocenters. The molecule has 5 heteroatoms. The molecule has 1 aliphatic heterocycles. The van der Waals surface area contributed by atoms with Crippen molar-refractivity contribution in [1.82, 2.24) is 14.8 Å². The molecule has 0 bridgehead atoms. The number of aliphatic hydroxyl groups is 1. The Balaban J connectivity index is 1.73. The lowest BCUT2D eigenvalue weighted by atomic mass is 10.1.